The predicted molar refractivity (Wildman–Crippen MR) is 108 cm³/mol. The van der Waals surface area contributed by atoms with Crippen molar-refractivity contribution in [3.8, 4) is 16.9 Å². The van der Waals surface area contributed by atoms with Crippen molar-refractivity contribution in [2.75, 3.05) is 12.8 Å². The molecule has 0 radical (unpaired) electrons. The molecule has 136 valence electrons. The number of aryl methyl sites for hydroxylation is 1. The molecule has 6 nitrogen and oxygen atoms in total. The smallest absolute Gasteiger partial charge is 0.255 e. The number of thioether (sulfide) groups is 1. The molecule has 0 atom stereocenters. The SMILES string of the molecule is COc1ccccc1-c1c(C)nc2nc(SCc3ccccc3)nn2c1N. The van der Waals surface area contributed by atoms with Gasteiger partial charge >= 0.3 is 0 Å². The van der Waals surface area contributed by atoms with E-state index in [-0.39, 0.29) is 0 Å². The summed E-state index contributed by atoms with van der Waals surface area (Å²) >= 11 is 1.56. The molecule has 2 heterocycles. The number of rotatable bonds is 5. The number of aromatic nitrogens is 4. The fourth-order valence-corrected chi connectivity index (χ4v) is 3.76. The largest absolute Gasteiger partial charge is 0.496 e. The van der Waals surface area contributed by atoms with Crippen molar-refractivity contribution in [1.82, 2.24) is 19.6 Å². The molecule has 4 rings (SSSR count). The second-order valence-corrected chi connectivity index (χ2v) is 6.98. The Hall–Kier alpha value is -3.06. The van der Waals surface area contributed by atoms with Gasteiger partial charge in [0.2, 0.25) is 5.16 Å². The van der Waals surface area contributed by atoms with Gasteiger partial charge in [0.15, 0.2) is 0 Å². The number of benzene rings is 2. The lowest BCUT2D eigenvalue weighted by molar-refractivity contribution is 0.416. The lowest BCUT2D eigenvalue weighted by Gasteiger charge is -2.13. The lowest BCUT2D eigenvalue weighted by Crippen LogP contribution is -2.06. The monoisotopic (exact) mass is 377 g/mol. The zero-order valence-electron chi connectivity index (χ0n) is 15.1. The molecular formula is C20H19N5OS. The van der Waals surface area contributed by atoms with Gasteiger partial charge < -0.3 is 10.5 Å². The third-order valence-corrected chi connectivity index (χ3v) is 5.18. The van der Waals surface area contributed by atoms with Crippen LogP contribution in [0.2, 0.25) is 0 Å². The van der Waals surface area contributed by atoms with Gasteiger partial charge in [0.25, 0.3) is 5.78 Å². The normalized spacial score (nSPS) is 11.0. The van der Waals surface area contributed by atoms with Crippen LogP contribution in [0.5, 0.6) is 5.75 Å². The van der Waals surface area contributed by atoms with Gasteiger partial charge in [-0.15, -0.1) is 5.10 Å². The molecule has 0 aliphatic rings. The fraction of sp³-hybridized carbons (Fsp3) is 0.150. The van der Waals surface area contributed by atoms with E-state index in [1.807, 2.05) is 49.4 Å². The number of nitrogen functional groups attached to an aromatic ring is 1. The molecule has 27 heavy (non-hydrogen) atoms. The first-order valence-electron chi connectivity index (χ1n) is 8.50. The molecule has 4 aromatic rings. The van der Waals surface area contributed by atoms with E-state index in [0.29, 0.717) is 16.8 Å². The Balaban J connectivity index is 1.73. The first kappa shape index (κ1) is 17.4. The molecule has 0 unspecified atom stereocenters. The summed E-state index contributed by atoms with van der Waals surface area (Å²) in [5, 5.41) is 5.20. The number of fused-ring (bicyclic) bond motifs is 1. The molecular weight excluding hydrogens is 358 g/mol. The lowest BCUT2D eigenvalue weighted by atomic mass is 10.0. The van der Waals surface area contributed by atoms with Gasteiger partial charge in [-0.25, -0.2) is 4.98 Å². The topological polar surface area (TPSA) is 78.3 Å². The highest BCUT2D eigenvalue weighted by atomic mass is 32.2. The number of nitrogens with zero attached hydrogens (tertiary/aromatic N) is 4. The number of hydrogen-bond acceptors (Lipinski definition) is 6. The molecule has 2 aromatic heterocycles. The molecule has 0 saturated heterocycles. The summed E-state index contributed by atoms with van der Waals surface area (Å²) in [6.07, 6.45) is 0. The van der Waals surface area contributed by atoms with Gasteiger partial charge in [0.1, 0.15) is 11.6 Å². The fourth-order valence-electron chi connectivity index (χ4n) is 2.98. The summed E-state index contributed by atoms with van der Waals surface area (Å²) in [7, 11) is 1.64. The Kier molecular flexibility index (Phi) is 4.68. The quantitative estimate of drug-likeness (QED) is 0.530. The van der Waals surface area contributed by atoms with Gasteiger partial charge in [-0.3, -0.25) is 0 Å². The van der Waals surface area contributed by atoms with E-state index in [1.54, 1.807) is 23.4 Å². The standard InChI is InChI=1S/C20H19N5OS/c1-13-17(15-10-6-7-11-16(15)26-2)18(21)25-19(22-13)23-20(24-25)27-12-14-8-4-3-5-9-14/h3-11H,12,21H2,1-2H3. The molecule has 0 aliphatic carbocycles. The zero-order valence-corrected chi connectivity index (χ0v) is 15.9. The van der Waals surface area contributed by atoms with Crippen LogP contribution in [0.1, 0.15) is 11.3 Å². The highest BCUT2D eigenvalue weighted by molar-refractivity contribution is 7.98. The number of nitrogens with two attached hydrogens (primary N) is 1. The van der Waals surface area contributed by atoms with Crippen LogP contribution in [-0.4, -0.2) is 26.7 Å². The van der Waals surface area contributed by atoms with E-state index >= 15 is 0 Å². The summed E-state index contributed by atoms with van der Waals surface area (Å²) in [6, 6.07) is 18.0. The molecule has 2 N–H and O–H groups in total. The van der Waals surface area contributed by atoms with E-state index in [2.05, 4.69) is 27.2 Å². The number of para-hydroxylation sites is 1. The van der Waals surface area contributed by atoms with Crippen LogP contribution in [0.4, 0.5) is 5.82 Å². The Morgan fingerprint density at radius 2 is 1.78 bits per heavy atom. The van der Waals surface area contributed by atoms with Gasteiger partial charge in [-0.2, -0.15) is 9.50 Å². The van der Waals surface area contributed by atoms with Crippen molar-refractivity contribution in [3.63, 3.8) is 0 Å². The molecule has 7 heteroatoms. The number of ether oxygens (including phenoxy) is 1. The van der Waals surface area contributed by atoms with Crippen LogP contribution >= 0.6 is 11.8 Å². The molecule has 0 fully saturated rings. The molecule has 0 spiro atoms. The van der Waals surface area contributed by atoms with Gasteiger partial charge in [0, 0.05) is 16.9 Å². The van der Waals surface area contributed by atoms with Gasteiger partial charge in [-0.1, -0.05) is 60.3 Å². The maximum absolute atomic E-state index is 6.45. The molecule has 0 saturated carbocycles. The van der Waals surface area contributed by atoms with E-state index in [0.717, 1.165) is 28.3 Å². The summed E-state index contributed by atoms with van der Waals surface area (Å²) in [6.45, 7) is 1.92. The second-order valence-electron chi connectivity index (χ2n) is 6.04. The van der Waals surface area contributed by atoms with Crippen LogP contribution in [-0.2, 0) is 5.75 Å². The van der Waals surface area contributed by atoms with Crippen molar-refractivity contribution >= 4 is 23.4 Å². The first-order valence-corrected chi connectivity index (χ1v) is 9.49. The maximum Gasteiger partial charge on any atom is 0.255 e. The summed E-state index contributed by atoms with van der Waals surface area (Å²) in [5.74, 6) is 2.53. The minimum absolute atomic E-state index is 0.499. The van der Waals surface area contributed by atoms with Crippen LogP contribution in [0.25, 0.3) is 16.9 Å². The van der Waals surface area contributed by atoms with Gasteiger partial charge in [-0.05, 0) is 18.6 Å². The highest BCUT2D eigenvalue weighted by Gasteiger charge is 2.18. The Labute approximate surface area is 161 Å². The van der Waals surface area contributed by atoms with Crippen molar-refractivity contribution in [3.05, 3.63) is 65.9 Å². The van der Waals surface area contributed by atoms with Crippen molar-refractivity contribution in [2.24, 2.45) is 0 Å². The zero-order chi connectivity index (χ0) is 18.8. The van der Waals surface area contributed by atoms with E-state index in [1.165, 1.54) is 5.56 Å². The molecule has 0 amide bonds. The average Bonchev–Trinajstić information content (AvgIpc) is 3.11. The first-order chi connectivity index (χ1) is 13.2. The van der Waals surface area contributed by atoms with Gasteiger partial charge in [0.05, 0.1) is 12.8 Å². The minimum Gasteiger partial charge on any atom is -0.496 e. The maximum atomic E-state index is 6.45. The Morgan fingerprint density at radius 3 is 2.56 bits per heavy atom. The predicted octanol–water partition coefficient (Wildman–Crippen LogP) is 3.98. The van der Waals surface area contributed by atoms with Crippen LogP contribution in [0, 0.1) is 6.92 Å². The Morgan fingerprint density at radius 1 is 1.04 bits per heavy atom. The minimum atomic E-state index is 0.499. The van der Waals surface area contributed by atoms with E-state index in [9.17, 15) is 0 Å². The number of hydrogen-bond donors (Lipinski definition) is 1. The second kappa shape index (κ2) is 7.28. The van der Waals surface area contributed by atoms with E-state index in [4.69, 9.17) is 10.5 Å². The van der Waals surface area contributed by atoms with Crippen LogP contribution < -0.4 is 10.5 Å². The summed E-state index contributed by atoms with van der Waals surface area (Å²) in [4.78, 5) is 9.12. The van der Waals surface area contributed by atoms with Crippen molar-refractivity contribution in [1.29, 1.82) is 0 Å². The highest BCUT2D eigenvalue weighted by Crippen LogP contribution is 2.35. The van der Waals surface area contributed by atoms with Crippen LogP contribution in [0.15, 0.2) is 59.8 Å². The Bertz CT molecular complexity index is 1090. The van der Waals surface area contributed by atoms with Crippen molar-refractivity contribution < 1.29 is 4.74 Å². The number of methoxy groups -OCH3 is 1. The van der Waals surface area contributed by atoms with Crippen LogP contribution in [0.3, 0.4) is 0 Å². The third-order valence-electron chi connectivity index (χ3n) is 4.27. The molecule has 2 aromatic carbocycles. The van der Waals surface area contributed by atoms with Crippen molar-refractivity contribution in [2.45, 2.75) is 17.8 Å². The molecule has 0 bridgehead atoms. The number of anilines is 1. The summed E-state index contributed by atoms with van der Waals surface area (Å²) in [5.41, 5.74) is 10.2. The van der Waals surface area contributed by atoms with E-state index < -0.39 is 0 Å². The molecule has 0 aliphatic heterocycles. The summed E-state index contributed by atoms with van der Waals surface area (Å²) < 4.78 is 7.08. The third kappa shape index (κ3) is 3.33. The average molecular weight is 377 g/mol.